The zero-order chi connectivity index (χ0) is 14.5. The third-order valence-electron chi connectivity index (χ3n) is 5.59. The summed E-state index contributed by atoms with van der Waals surface area (Å²) in [6.45, 7) is 2.22. The van der Waals surface area contributed by atoms with Crippen LogP contribution in [0.5, 0.6) is 5.75 Å². The van der Waals surface area contributed by atoms with Gasteiger partial charge < -0.3 is 10.2 Å². The van der Waals surface area contributed by atoms with Crippen molar-refractivity contribution in [3.63, 3.8) is 0 Å². The Bertz CT molecular complexity index is 508. The van der Waals surface area contributed by atoms with Gasteiger partial charge in [0, 0.05) is 0 Å². The van der Waals surface area contributed by atoms with Crippen LogP contribution in [0.25, 0.3) is 0 Å². The van der Waals surface area contributed by atoms with E-state index in [1.807, 2.05) is 12.1 Å². The van der Waals surface area contributed by atoms with Gasteiger partial charge >= 0.3 is 0 Å². The van der Waals surface area contributed by atoms with Gasteiger partial charge in [-0.15, -0.1) is 0 Å². The van der Waals surface area contributed by atoms with Crippen LogP contribution in [0.3, 0.4) is 0 Å². The minimum absolute atomic E-state index is 0.0333. The maximum Gasteiger partial charge on any atom is 0.152 e. The fourth-order valence-corrected chi connectivity index (χ4v) is 4.62. The second-order valence-electron chi connectivity index (χ2n) is 6.60. The number of fused-ring (bicyclic) bond motifs is 1. The van der Waals surface area contributed by atoms with Gasteiger partial charge in [0.05, 0.1) is 16.1 Å². The zero-order valence-corrected chi connectivity index (χ0v) is 13.1. The Labute approximate surface area is 129 Å². The molecule has 2 N–H and O–H groups in total. The lowest BCUT2D eigenvalue weighted by Gasteiger charge is -2.42. The summed E-state index contributed by atoms with van der Waals surface area (Å²) in [6.07, 6.45) is 5.03. The normalized spacial score (nSPS) is 36.9. The van der Waals surface area contributed by atoms with E-state index in [0.29, 0.717) is 21.9 Å². The van der Waals surface area contributed by atoms with Crippen molar-refractivity contribution in [3.05, 3.63) is 27.7 Å². The van der Waals surface area contributed by atoms with E-state index in [4.69, 9.17) is 23.2 Å². The molecule has 20 heavy (non-hydrogen) atoms. The van der Waals surface area contributed by atoms with Crippen LogP contribution in [0.4, 0.5) is 0 Å². The molecule has 110 valence electrons. The van der Waals surface area contributed by atoms with E-state index in [9.17, 15) is 10.2 Å². The largest absolute Gasteiger partial charge is 0.505 e. The van der Waals surface area contributed by atoms with Crippen LogP contribution in [0.2, 0.25) is 10.0 Å². The molecule has 1 aromatic carbocycles. The standard InChI is InChI=1S/C16H20Cl2O2/c1-16-5-4-9(6-11(16)2-3-14(16)19)10-7-12(17)15(20)13(18)8-10/h7-9,11,14,19-20H,2-6H2,1H3/t9-,11-,14+,16+/m1/s1. The van der Waals surface area contributed by atoms with Crippen LogP contribution in [0.15, 0.2) is 12.1 Å². The summed E-state index contributed by atoms with van der Waals surface area (Å²) < 4.78 is 0. The van der Waals surface area contributed by atoms with Crippen LogP contribution in [0, 0.1) is 11.3 Å². The van der Waals surface area contributed by atoms with Gasteiger partial charge in [0.1, 0.15) is 0 Å². The van der Waals surface area contributed by atoms with Crippen molar-refractivity contribution in [2.24, 2.45) is 11.3 Å². The predicted octanol–water partition coefficient (Wildman–Crippen LogP) is 4.74. The number of halogens is 2. The molecule has 0 aromatic heterocycles. The highest BCUT2D eigenvalue weighted by molar-refractivity contribution is 6.37. The highest BCUT2D eigenvalue weighted by Gasteiger charge is 2.48. The molecule has 4 heteroatoms. The third-order valence-corrected chi connectivity index (χ3v) is 6.17. The molecule has 0 heterocycles. The smallest absolute Gasteiger partial charge is 0.152 e. The highest BCUT2D eigenvalue weighted by Crippen LogP contribution is 2.55. The monoisotopic (exact) mass is 314 g/mol. The molecule has 0 radical (unpaired) electrons. The molecule has 2 aliphatic carbocycles. The maximum atomic E-state index is 10.2. The molecule has 0 saturated heterocycles. The SMILES string of the molecule is C[C@]12CC[C@@H](c3cc(Cl)c(O)c(Cl)c3)C[C@H]1CC[C@@H]2O. The average Bonchev–Trinajstić information content (AvgIpc) is 2.71. The van der Waals surface area contributed by atoms with Crippen LogP contribution < -0.4 is 0 Å². The van der Waals surface area contributed by atoms with Gasteiger partial charge in [0.25, 0.3) is 0 Å². The third kappa shape index (κ3) is 2.22. The number of phenolic OH excluding ortho intramolecular Hbond substituents is 1. The highest BCUT2D eigenvalue weighted by atomic mass is 35.5. The van der Waals surface area contributed by atoms with Crippen molar-refractivity contribution in [1.82, 2.24) is 0 Å². The first-order valence-corrected chi connectivity index (χ1v) is 8.03. The van der Waals surface area contributed by atoms with Crippen molar-refractivity contribution in [3.8, 4) is 5.75 Å². The Morgan fingerprint density at radius 1 is 1.15 bits per heavy atom. The zero-order valence-electron chi connectivity index (χ0n) is 11.6. The Morgan fingerprint density at radius 2 is 1.80 bits per heavy atom. The van der Waals surface area contributed by atoms with Crippen molar-refractivity contribution >= 4 is 23.2 Å². The first-order chi connectivity index (χ1) is 9.41. The molecule has 0 bridgehead atoms. The molecule has 2 fully saturated rings. The summed E-state index contributed by atoms with van der Waals surface area (Å²) in [5, 5.41) is 20.5. The van der Waals surface area contributed by atoms with Crippen molar-refractivity contribution < 1.29 is 10.2 Å². The summed E-state index contributed by atoms with van der Waals surface area (Å²) in [6, 6.07) is 3.67. The predicted molar refractivity (Wildman–Crippen MR) is 81.6 cm³/mol. The Balaban J connectivity index is 1.84. The molecule has 2 aliphatic rings. The van der Waals surface area contributed by atoms with Crippen molar-refractivity contribution in [2.75, 3.05) is 0 Å². The minimum Gasteiger partial charge on any atom is -0.505 e. The molecule has 2 saturated carbocycles. The molecular formula is C16H20Cl2O2. The Morgan fingerprint density at radius 3 is 2.45 bits per heavy atom. The topological polar surface area (TPSA) is 40.5 Å². The van der Waals surface area contributed by atoms with Gasteiger partial charge in [-0.1, -0.05) is 30.1 Å². The second-order valence-corrected chi connectivity index (χ2v) is 7.41. The number of benzene rings is 1. The van der Waals surface area contributed by atoms with Gasteiger partial charge in [0.15, 0.2) is 5.75 Å². The molecule has 2 nitrogen and oxygen atoms in total. The molecule has 0 spiro atoms. The van der Waals surface area contributed by atoms with E-state index >= 15 is 0 Å². The summed E-state index contributed by atoms with van der Waals surface area (Å²) in [7, 11) is 0. The van der Waals surface area contributed by atoms with Crippen LogP contribution in [-0.2, 0) is 0 Å². The molecule has 3 rings (SSSR count). The van der Waals surface area contributed by atoms with Gasteiger partial charge in [-0.3, -0.25) is 0 Å². The van der Waals surface area contributed by atoms with Gasteiger partial charge in [-0.2, -0.15) is 0 Å². The summed E-state index contributed by atoms with van der Waals surface area (Å²) >= 11 is 12.1. The van der Waals surface area contributed by atoms with E-state index in [1.54, 1.807) is 0 Å². The first kappa shape index (κ1) is 14.5. The number of phenols is 1. The molecule has 1 aromatic rings. The lowest BCUT2D eigenvalue weighted by Crippen LogP contribution is -2.36. The number of aliphatic hydroxyl groups excluding tert-OH is 1. The summed E-state index contributed by atoms with van der Waals surface area (Å²) in [5.74, 6) is 0.964. The van der Waals surface area contributed by atoms with Crippen LogP contribution >= 0.6 is 23.2 Å². The maximum absolute atomic E-state index is 10.2. The number of aromatic hydroxyl groups is 1. The second kappa shape index (κ2) is 5.08. The first-order valence-electron chi connectivity index (χ1n) is 7.28. The van der Waals surface area contributed by atoms with E-state index in [-0.39, 0.29) is 17.3 Å². The summed E-state index contributed by atoms with van der Waals surface area (Å²) in [4.78, 5) is 0. The van der Waals surface area contributed by atoms with E-state index in [0.717, 1.165) is 37.7 Å². The number of hydrogen-bond donors (Lipinski definition) is 2. The fraction of sp³-hybridized carbons (Fsp3) is 0.625. The number of aliphatic hydroxyl groups is 1. The van der Waals surface area contributed by atoms with Gasteiger partial charge in [-0.05, 0) is 67.1 Å². The Kier molecular flexibility index (Phi) is 3.68. The number of rotatable bonds is 1. The number of hydrogen-bond acceptors (Lipinski definition) is 2. The summed E-state index contributed by atoms with van der Waals surface area (Å²) in [5.41, 5.74) is 1.20. The quantitative estimate of drug-likeness (QED) is 0.785. The molecule has 4 atom stereocenters. The average molecular weight is 315 g/mol. The van der Waals surface area contributed by atoms with Crippen LogP contribution in [-0.4, -0.2) is 16.3 Å². The molecular weight excluding hydrogens is 295 g/mol. The van der Waals surface area contributed by atoms with E-state index in [2.05, 4.69) is 6.92 Å². The minimum atomic E-state index is -0.152. The molecule has 0 amide bonds. The Hall–Kier alpha value is -0.440. The van der Waals surface area contributed by atoms with Gasteiger partial charge in [0.2, 0.25) is 0 Å². The lowest BCUT2D eigenvalue weighted by molar-refractivity contribution is 0.00872. The van der Waals surface area contributed by atoms with Crippen LogP contribution in [0.1, 0.15) is 50.5 Å². The fourth-order valence-electron chi connectivity index (χ4n) is 4.12. The molecule has 0 aliphatic heterocycles. The van der Waals surface area contributed by atoms with Crippen molar-refractivity contribution in [2.45, 2.75) is 51.0 Å². The van der Waals surface area contributed by atoms with Gasteiger partial charge in [-0.25, -0.2) is 0 Å². The molecule has 0 unspecified atom stereocenters. The van der Waals surface area contributed by atoms with Crippen molar-refractivity contribution in [1.29, 1.82) is 0 Å². The lowest BCUT2D eigenvalue weighted by atomic mass is 9.64. The van der Waals surface area contributed by atoms with E-state index < -0.39 is 0 Å². The van der Waals surface area contributed by atoms with E-state index in [1.165, 1.54) is 0 Å².